The van der Waals surface area contributed by atoms with Gasteiger partial charge in [-0.05, 0) is 33.6 Å². The molecule has 1 heterocycles. The number of ether oxygens (including phenoxy) is 2. The van der Waals surface area contributed by atoms with Crippen molar-refractivity contribution < 1.29 is 19.1 Å². The van der Waals surface area contributed by atoms with Gasteiger partial charge in [-0.2, -0.15) is 5.26 Å². The van der Waals surface area contributed by atoms with E-state index in [1.807, 2.05) is 6.07 Å². The first-order valence-corrected chi connectivity index (χ1v) is 6.74. The molecule has 1 fully saturated rings. The van der Waals surface area contributed by atoms with Crippen LogP contribution in [0.2, 0.25) is 0 Å². The third-order valence-electron chi connectivity index (χ3n) is 3.18. The van der Waals surface area contributed by atoms with Crippen molar-refractivity contribution in [2.75, 3.05) is 20.2 Å². The molecule has 1 amide bonds. The number of nitrogens with zero attached hydrogens (tertiary/aromatic N) is 2. The highest BCUT2D eigenvalue weighted by molar-refractivity contribution is 5.75. The Labute approximate surface area is 119 Å². The van der Waals surface area contributed by atoms with E-state index in [0.29, 0.717) is 13.1 Å². The molecule has 1 saturated heterocycles. The zero-order valence-corrected chi connectivity index (χ0v) is 12.5. The molecule has 1 aliphatic rings. The molecule has 0 aromatic carbocycles. The van der Waals surface area contributed by atoms with Crippen LogP contribution in [-0.2, 0) is 14.3 Å². The maximum Gasteiger partial charge on any atom is 0.410 e. The molecule has 0 bridgehead atoms. The highest BCUT2D eigenvalue weighted by atomic mass is 16.6. The van der Waals surface area contributed by atoms with Crippen LogP contribution in [0.5, 0.6) is 0 Å². The number of hydrogen-bond acceptors (Lipinski definition) is 5. The molecule has 0 aromatic heterocycles. The van der Waals surface area contributed by atoms with Crippen molar-refractivity contribution in [2.45, 2.75) is 39.2 Å². The topological polar surface area (TPSA) is 79.6 Å². The van der Waals surface area contributed by atoms with Gasteiger partial charge in [0.05, 0.1) is 13.2 Å². The first-order chi connectivity index (χ1) is 9.28. The second-order valence-corrected chi connectivity index (χ2v) is 5.96. The van der Waals surface area contributed by atoms with Crippen molar-refractivity contribution in [3.8, 4) is 6.07 Å². The first kappa shape index (κ1) is 16.3. The van der Waals surface area contributed by atoms with Crippen molar-refractivity contribution in [3.05, 3.63) is 0 Å². The lowest BCUT2D eigenvalue weighted by atomic mass is 9.86. The number of nitriles is 1. The second-order valence-electron chi connectivity index (χ2n) is 5.96. The summed E-state index contributed by atoms with van der Waals surface area (Å²) in [6.07, 6.45) is 1.08. The second kappa shape index (κ2) is 6.60. The molecule has 112 valence electrons. The molecule has 0 aliphatic carbocycles. The number of rotatable bonds is 2. The van der Waals surface area contributed by atoms with Gasteiger partial charge in [0.2, 0.25) is 0 Å². The molecular weight excluding hydrogens is 260 g/mol. The predicted molar refractivity (Wildman–Crippen MR) is 71.7 cm³/mol. The molecule has 6 heteroatoms. The van der Waals surface area contributed by atoms with E-state index in [2.05, 4.69) is 4.74 Å². The van der Waals surface area contributed by atoms with Gasteiger partial charge in [0.1, 0.15) is 11.5 Å². The average molecular weight is 282 g/mol. The maximum absolute atomic E-state index is 12.0. The summed E-state index contributed by atoms with van der Waals surface area (Å²) in [5.74, 6) is -1.57. The van der Waals surface area contributed by atoms with Crippen molar-refractivity contribution in [3.63, 3.8) is 0 Å². The fourth-order valence-electron chi connectivity index (χ4n) is 2.25. The molecule has 0 N–H and O–H groups in total. The summed E-state index contributed by atoms with van der Waals surface area (Å²) >= 11 is 0. The van der Waals surface area contributed by atoms with Gasteiger partial charge >= 0.3 is 12.1 Å². The number of carbonyl (C=O) groups is 2. The molecular formula is C14H22N2O4. The van der Waals surface area contributed by atoms with Crippen molar-refractivity contribution in [1.82, 2.24) is 4.90 Å². The van der Waals surface area contributed by atoms with Crippen molar-refractivity contribution in [1.29, 1.82) is 5.26 Å². The van der Waals surface area contributed by atoms with Gasteiger partial charge in [0.25, 0.3) is 0 Å². The Bertz CT molecular complexity index is 408. The first-order valence-electron chi connectivity index (χ1n) is 6.74. The fraction of sp³-hybridized carbons (Fsp3) is 0.786. The lowest BCUT2D eigenvalue weighted by Gasteiger charge is -2.35. The molecule has 6 nitrogen and oxygen atoms in total. The van der Waals surface area contributed by atoms with Gasteiger partial charge in [0, 0.05) is 19.0 Å². The van der Waals surface area contributed by atoms with Crippen LogP contribution in [0.15, 0.2) is 0 Å². The molecule has 20 heavy (non-hydrogen) atoms. The van der Waals surface area contributed by atoms with E-state index in [4.69, 9.17) is 10.00 Å². The Balaban J connectivity index is 2.69. The van der Waals surface area contributed by atoms with Gasteiger partial charge in [-0.15, -0.1) is 0 Å². The summed E-state index contributed by atoms with van der Waals surface area (Å²) in [7, 11) is 1.27. The van der Waals surface area contributed by atoms with Crippen LogP contribution in [-0.4, -0.2) is 42.8 Å². The van der Waals surface area contributed by atoms with Crippen LogP contribution in [0.25, 0.3) is 0 Å². The average Bonchev–Trinajstić information content (AvgIpc) is 2.37. The van der Waals surface area contributed by atoms with E-state index in [-0.39, 0.29) is 5.92 Å². The summed E-state index contributed by atoms with van der Waals surface area (Å²) in [6.45, 7) is 6.35. The highest BCUT2D eigenvalue weighted by Gasteiger charge is 2.35. The summed E-state index contributed by atoms with van der Waals surface area (Å²) in [6, 6.07) is 1.98. The molecule has 0 aromatic rings. The Hall–Kier alpha value is -1.77. The smallest absolute Gasteiger partial charge is 0.410 e. The number of esters is 1. The number of amides is 1. The number of hydrogen-bond donors (Lipinski definition) is 0. The fourth-order valence-corrected chi connectivity index (χ4v) is 2.25. The van der Waals surface area contributed by atoms with E-state index >= 15 is 0 Å². The van der Waals surface area contributed by atoms with Crippen LogP contribution >= 0.6 is 0 Å². The van der Waals surface area contributed by atoms with Crippen molar-refractivity contribution in [2.24, 2.45) is 11.8 Å². The van der Waals surface area contributed by atoms with Crippen molar-refractivity contribution >= 4 is 12.1 Å². The molecule has 0 saturated carbocycles. The van der Waals surface area contributed by atoms with E-state index in [1.54, 1.807) is 25.7 Å². The Morgan fingerprint density at radius 2 is 2.05 bits per heavy atom. The number of likely N-dealkylation sites (tertiary alicyclic amines) is 1. The molecule has 1 aliphatic heterocycles. The van der Waals surface area contributed by atoms with Crippen LogP contribution in [0.1, 0.15) is 33.6 Å². The largest absolute Gasteiger partial charge is 0.468 e. The third kappa shape index (κ3) is 4.41. The van der Waals surface area contributed by atoms with Crippen LogP contribution in [0.4, 0.5) is 4.79 Å². The minimum absolute atomic E-state index is 0.200. The molecule has 0 spiro atoms. The van der Waals surface area contributed by atoms with Gasteiger partial charge < -0.3 is 14.4 Å². The standard InChI is InChI=1S/C14H22N2O4/c1-14(2,3)20-13(18)16-7-5-6-10(9-16)11(8-15)12(17)19-4/h10-11H,5-7,9H2,1-4H3. The zero-order valence-electron chi connectivity index (χ0n) is 12.5. The SMILES string of the molecule is COC(=O)C(C#N)C1CCCN(C(=O)OC(C)(C)C)C1. The number of piperidine rings is 1. The summed E-state index contributed by atoms with van der Waals surface area (Å²) in [5.41, 5.74) is -0.555. The Morgan fingerprint density at radius 1 is 1.40 bits per heavy atom. The lowest BCUT2D eigenvalue weighted by Crippen LogP contribution is -2.45. The lowest BCUT2D eigenvalue weighted by molar-refractivity contribution is -0.145. The summed E-state index contributed by atoms with van der Waals surface area (Å²) < 4.78 is 9.95. The van der Waals surface area contributed by atoms with Gasteiger partial charge in [-0.3, -0.25) is 4.79 Å². The number of carbonyl (C=O) groups excluding carboxylic acids is 2. The minimum atomic E-state index is -0.828. The molecule has 1 rings (SSSR count). The maximum atomic E-state index is 12.0. The van der Waals surface area contributed by atoms with Crippen LogP contribution < -0.4 is 0 Å². The molecule has 2 atom stereocenters. The predicted octanol–water partition coefficient (Wildman–Crippen LogP) is 1.95. The van der Waals surface area contributed by atoms with Gasteiger partial charge in [0.15, 0.2) is 0 Å². The highest BCUT2D eigenvalue weighted by Crippen LogP contribution is 2.26. The molecule has 0 radical (unpaired) electrons. The summed E-state index contributed by atoms with van der Waals surface area (Å²) in [4.78, 5) is 25.1. The van der Waals surface area contributed by atoms with E-state index < -0.39 is 23.6 Å². The quantitative estimate of drug-likeness (QED) is 0.723. The zero-order chi connectivity index (χ0) is 15.3. The van der Waals surface area contributed by atoms with Crippen LogP contribution in [0, 0.1) is 23.2 Å². The van der Waals surface area contributed by atoms with E-state index in [0.717, 1.165) is 12.8 Å². The normalized spacial score (nSPS) is 20.8. The van der Waals surface area contributed by atoms with E-state index in [9.17, 15) is 9.59 Å². The van der Waals surface area contributed by atoms with Crippen LogP contribution in [0.3, 0.4) is 0 Å². The Kier molecular flexibility index (Phi) is 5.37. The monoisotopic (exact) mass is 282 g/mol. The minimum Gasteiger partial charge on any atom is -0.468 e. The van der Waals surface area contributed by atoms with E-state index in [1.165, 1.54) is 7.11 Å². The summed E-state index contributed by atoms with van der Waals surface area (Å²) in [5, 5.41) is 9.11. The number of methoxy groups -OCH3 is 1. The van der Waals surface area contributed by atoms with Gasteiger partial charge in [-0.25, -0.2) is 4.79 Å². The van der Waals surface area contributed by atoms with Gasteiger partial charge in [-0.1, -0.05) is 0 Å². The molecule has 2 unspecified atom stereocenters. The Morgan fingerprint density at radius 3 is 2.55 bits per heavy atom. The third-order valence-corrected chi connectivity index (χ3v) is 3.18.